The molecule has 1 heterocycles. The second kappa shape index (κ2) is 8.55. The van der Waals surface area contributed by atoms with E-state index in [1.54, 1.807) is 37.3 Å². The Morgan fingerprint density at radius 3 is 2.45 bits per heavy atom. The molecule has 0 radical (unpaired) electrons. The number of methoxy groups -OCH3 is 2. The van der Waals surface area contributed by atoms with Crippen molar-refractivity contribution in [3.8, 4) is 11.5 Å². The quantitative estimate of drug-likeness (QED) is 0.780. The molecule has 2 aromatic carbocycles. The Bertz CT molecular complexity index is 880. The van der Waals surface area contributed by atoms with E-state index in [1.165, 1.54) is 0 Å². The first-order valence-corrected chi connectivity index (χ1v) is 9.71. The highest BCUT2D eigenvalue weighted by Gasteiger charge is 2.37. The fourth-order valence-electron chi connectivity index (χ4n) is 3.71. The number of benzene rings is 2. The average molecular weight is 396 g/mol. The van der Waals surface area contributed by atoms with Gasteiger partial charge < -0.3 is 19.7 Å². The van der Waals surface area contributed by atoms with E-state index in [0.717, 1.165) is 12.0 Å². The Labute approximate surface area is 171 Å². The van der Waals surface area contributed by atoms with Crippen LogP contribution in [0.25, 0.3) is 0 Å². The van der Waals surface area contributed by atoms with Gasteiger partial charge in [-0.15, -0.1) is 0 Å². The SMILES string of the molecule is COc1ccc(N2CC(C(=O)NC(C)(C)Cc3ccccc3)CC2=O)cc1OC. The zero-order valence-corrected chi connectivity index (χ0v) is 17.4. The molecule has 1 atom stereocenters. The van der Waals surface area contributed by atoms with Gasteiger partial charge in [0, 0.05) is 30.3 Å². The second-order valence-corrected chi connectivity index (χ2v) is 7.98. The van der Waals surface area contributed by atoms with Gasteiger partial charge in [-0.1, -0.05) is 30.3 Å². The van der Waals surface area contributed by atoms with Crippen LogP contribution in [0.1, 0.15) is 25.8 Å². The number of nitrogens with zero attached hydrogens (tertiary/aromatic N) is 1. The fourth-order valence-corrected chi connectivity index (χ4v) is 3.71. The largest absolute Gasteiger partial charge is 0.493 e. The van der Waals surface area contributed by atoms with Gasteiger partial charge >= 0.3 is 0 Å². The molecule has 6 heteroatoms. The minimum absolute atomic E-state index is 0.0711. The van der Waals surface area contributed by atoms with E-state index in [9.17, 15) is 9.59 Å². The highest BCUT2D eigenvalue weighted by molar-refractivity contribution is 6.00. The van der Waals surface area contributed by atoms with Crippen LogP contribution in [0.3, 0.4) is 0 Å². The van der Waals surface area contributed by atoms with Crippen molar-refractivity contribution >= 4 is 17.5 Å². The Morgan fingerprint density at radius 1 is 1.10 bits per heavy atom. The van der Waals surface area contributed by atoms with Crippen molar-refractivity contribution in [1.29, 1.82) is 0 Å². The lowest BCUT2D eigenvalue weighted by atomic mass is 9.93. The van der Waals surface area contributed by atoms with Gasteiger partial charge in [0.2, 0.25) is 11.8 Å². The number of hydrogen-bond acceptors (Lipinski definition) is 4. The lowest BCUT2D eigenvalue weighted by Crippen LogP contribution is -2.48. The van der Waals surface area contributed by atoms with E-state index >= 15 is 0 Å². The van der Waals surface area contributed by atoms with E-state index in [4.69, 9.17) is 9.47 Å². The Balaban J connectivity index is 1.67. The molecular weight excluding hydrogens is 368 g/mol. The minimum atomic E-state index is -0.405. The van der Waals surface area contributed by atoms with Crippen LogP contribution in [0.15, 0.2) is 48.5 Å². The summed E-state index contributed by atoms with van der Waals surface area (Å²) < 4.78 is 10.6. The molecule has 154 valence electrons. The molecule has 2 aromatic rings. The van der Waals surface area contributed by atoms with Crippen molar-refractivity contribution in [2.75, 3.05) is 25.7 Å². The van der Waals surface area contributed by atoms with E-state index < -0.39 is 5.54 Å². The summed E-state index contributed by atoms with van der Waals surface area (Å²) in [5.41, 5.74) is 1.46. The molecule has 1 aliphatic heterocycles. The molecule has 0 aliphatic carbocycles. The number of anilines is 1. The van der Waals surface area contributed by atoms with Crippen LogP contribution in [-0.4, -0.2) is 38.1 Å². The van der Waals surface area contributed by atoms with Crippen molar-refractivity contribution in [1.82, 2.24) is 5.32 Å². The van der Waals surface area contributed by atoms with Crippen LogP contribution < -0.4 is 19.7 Å². The van der Waals surface area contributed by atoms with Gasteiger partial charge in [0.05, 0.1) is 20.1 Å². The molecule has 0 bridgehead atoms. The summed E-state index contributed by atoms with van der Waals surface area (Å²) in [6.07, 6.45) is 0.918. The third kappa shape index (κ3) is 4.88. The maximum atomic E-state index is 12.9. The van der Waals surface area contributed by atoms with Crippen LogP contribution in [0.4, 0.5) is 5.69 Å². The molecule has 29 heavy (non-hydrogen) atoms. The number of carbonyl (C=O) groups excluding carboxylic acids is 2. The highest BCUT2D eigenvalue weighted by atomic mass is 16.5. The summed E-state index contributed by atoms with van der Waals surface area (Å²) in [6.45, 7) is 4.35. The number of rotatable bonds is 7. The summed E-state index contributed by atoms with van der Waals surface area (Å²) in [7, 11) is 3.12. The van der Waals surface area contributed by atoms with Crippen molar-refractivity contribution < 1.29 is 19.1 Å². The van der Waals surface area contributed by atoms with Crippen LogP contribution in [0.5, 0.6) is 11.5 Å². The van der Waals surface area contributed by atoms with Crippen molar-refractivity contribution in [2.24, 2.45) is 5.92 Å². The van der Waals surface area contributed by atoms with Crippen LogP contribution in [0.2, 0.25) is 0 Å². The molecule has 3 rings (SSSR count). The Hall–Kier alpha value is -3.02. The smallest absolute Gasteiger partial charge is 0.227 e. The first-order valence-electron chi connectivity index (χ1n) is 9.71. The fraction of sp³-hybridized carbons (Fsp3) is 0.391. The molecule has 1 aliphatic rings. The van der Waals surface area contributed by atoms with Crippen LogP contribution in [0, 0.1) is 5.92 Å². The highest BCUT2D eigenvalue weighted by Crippen LogP contribution is 2.34. The predicted octanol–water partition coefficient (Wildman–Crippen LogP) is 3.19. The second-order valence-electron chi connectivity index (χ2n) is 7.98. The van der Waals surface area contributed by atoms with E-state index in [0.29, 0.717) is 23.7 Å². The summed E-state index contributed by atoms with van der Waals surface area (Å²) in [6, 6.07) is 15.4. The van der Waals surface area contributed by atoms with Gasteiger partial charge in [0.1, 0.15) is 0 Å². The Kier molecular flexibility index (Phi) is 6.11. The minimum Gasteiger partial charge on any atom is -0.493 e. The van der Waals surface area contributed by atoms with Crippen LogP contribution >= 0.6 is 0 Å². The van der Waals surface area contributed by atoms with Gasteiger partial charge in [-0.05, 0) is 38.0 Å². The lowest BCUT2D eigenvalue weighted by molar-refractivity contribution is -0.127. The normalized spacial score (nSPS) is 16.6. The predicted molar refractivity (Wildman–Crippen MR) is 112 cm³/mol. The third-order valence-corrected chi connectivity index (χ3v) is 5.13. The zero-order chi connectivity index (χ0) is 21.0. The lowest BCUT2D eigenvalue weighted by Gasteiger charge is -2.28. The summed E-state index contributed by atoms with van der Waals surface area (Å²) >= 11 is 0. The number of amides is 2. The molecular formula is C23H28N2O4. The zero-order valence-electron chi connectivity index (χ0n) is 17.4. The molecule has 1 N–H and O–H groups in total. The van der Waals surface area contributed by atoms with Crippen LogP contribution in [-0.2, 0) is 16.0 Å². The topological polar surface area (TPSA) is 67.9 Å². The number of hydrogen-bond donors (Lipinski definition) is 1. The maximum Gasteiger partial charge on any atom is 0.227 e. The van der Waals surface area contributed by atoms with Gasteiger partial charge in [0.25, 0.3) is 0 Å². The molecule has 0 aromatic heterocycles. The van der Waals surface area contributed by atoms with E-state index in [-0.39, 0.29) is 24.2 Å². The monoisotopic (exact) mass is 396 g/mol. The summed E-state index contributed by atoms with van der Waals surface area (Å²) in [5.74, 6) is 0.598. The number of carbonyl (C=O) groups is 2. The van der Waals surface area contributed by atoms with Gasteiger partial charge in [-0.2, -0.15) is 0 Å². The molecule has 1 saturated heterocycles. The summed E-state index contributed by atoms with van der Waals surface area (Å²) in [5, 5.41) is 3.12. The molecule has 6 nitrogen and oxygen atoms in total. The van der Waals surface area contributed by atoms with Gasteiger partial charge in [-0.3, -0.25) is 9.59 Å². The van der Waals surface area contributed by atoms with E-state index in [2.05, 4.69) is 5.32 Å². The molecule has 0 spiro atoms. The first-order chi connectivity index (χ1) is 13.8. The van der Waals surface area contributed by atoms with E-state index in [1.807, 2.05) is 44.2 Å². The van der Waals surface area contributed by atoms with Crippen molar-refractivity contribution in [3.05, 3.63) is 54.1 Å². The molecule has 1 unspecified atom stereocenters. The first kappa shape index (κ1) is 20.7. The molecule has 1 fully saturated rings. The molecule has 2 amide bonds. The standard InChI is InChI=1S/C23H28N2O4/c1-23(2,14-16-8-6-5-7-9-16)24-22(27)17-12-21(26)25(15-17)18-10-11-19(28-3)20(13-18)29-4/h5-11,13,17H,12,14-15H2,1-4H3,(H,24,27). The van der Waals surface area contributed by atoms with Crippen molar-refractivity contribution in [3.63, 3.8) is 0 Å². The molecule has 0 saturated carbocycles. The van der Waals surface area contributed by atoms with Crippen molar-refractivity contribution in [2.45, 2.75) is 32.2 Å². The van der Waals surface area contributed by atoms with Gasteiger partial charge in [0.15, 0.2) is 11.5 Å². The number of nitrogens with one attached hydrogen (secondary N) is 1. The average Bonchev–Trinajstić information content (AvgIpc) is 3.09. The summed E-state index contributed by atoms with van der Waals surface area (Å²) in [4.78, 5) is 27.1. The maximum absolute atomic E-state index is 12.9. The Morgan fingerprint density at radius 2 is 1.79 bits per heavy atom. The van der Waals surface area contributed by atoms with Gasteiger partial charge in [-0.25, -0.2) is 0 Å². The number of ether oxygens (including phenoxy) is 2. The third-order valence-electron chi connectivity index (χ3n) is 5.13.